The van der Waals surface area contributed by atoms with Crippen molar-refractivity contribution in [3.8, 4) is 0 Å². The van der Waals surface area contributed by atoms with Gasteiger partial charge in [0, 0.05) is 24.0 Å². The zero-order chi connectivity index (χ0) is 20.3. The van der Waals surface area contributed by atoms with Crippen LogP contribution in [0.1, 0.15) is 27.3 Å². The summed E-state index contributed by atoms with van der Waals surface area (Å²) in [6.45, 7) is 4.31. The highest BCUT2D eigenvalue weighted by Gasteiger charge is 2.19. The van der Waals surface area contributed by atoms with Gasteiger partial charge in [-0.2, -0.15) is 0 Å². The van der Waals surface area contributed by atoms with E-state index in [1.54, 1.807) is 25.1 Å². The summed E-state index contributed by atoms with van der Waals surface area (Å²) >= 11 is 12.3. The lowest BCUT2D eigenvalue weighted by Gasteiger charge is -2.18. The van der Waals surface area contributed by atoms with Gasteiger partial charge in [0.05, 0.1) is 15.7 Å². The molecular weight excluding hydrogens is 395 g/mol. The number of benzene rings is 2. The van der Waals surface area contributed by atoms with Gasteiger partial charge in [0.15, 0.2) is 5.43 Å². The van der Waals surface area contributed by atoms with Gasteiger partial charge in [-0.05, 0) is 38.0 Å². The van der Waals surface area contributed by atoms with Crippen molar-refractivity contribution in [3.63, 3.8) is 0 Å². The molecule has 0 bridgehead atoms. The van der Waals surface area contributed by atoms with E-state index in [0.29, 0.717) is 28.0 Å². The zero-order valence-corrected chi connectivity index (χ0v) is 17.1. The molecule has 1 heterocycles. The summed E-state index contributed by atoms with van der Waals surface area (Å²) in [5.74, 6) is -0.522. The quantitative estimate of drug-likeness (QED) is 0.618. The highest BCUT2D eigenvalue weighted by molar-refractivity contribution is 6.40. The number of pyridine rings is 1. The van der Waals surface area contributed by atoms with Crippen LogP contribution in [0.5, 0.6) is 0 Å². The number of hydrogen-bond acceptors (Lipinski definition) is 2. The molecule has 1 N–H and O–H groups in total. The van der Waals surface area contributed by atoms with Crippen molar-refractivity contribution in [2.45, 2.75) is 26.8 Å². The summed E-state index contributed by atoms with van der Waals surface area (Å²) in [6.07, 6.45) is 0.794. The fraction of sp³-hybridized carbons (Fsp3) is 0.182. The summed E-state index contributed by atoms with van der Waals surface area (Å²) in [5, 5.41) is 3.31. The van der Waals surface area contributed by atoms with Crippen molar-refractivity contribution in [1.29, 1.82) is 0 Å². The van der Waals surface area contributed by atoms with Crippen LogP contribution in [-0.2, 0) is 13.0 Å². The Labute approximate surface area is 173 Å². The molecule has 3 aromatic rings. The normalized spacial score (nSPS) is 10.7. The number of halogens is 2. The van der Waals surface area contributed by atoms with Gasteiger partial charge in [0.25, 0.3) is 5.91 Å². The molecule has 0 saturated carbocycles. The second-order valence-corrected chi connectivity index (χ2v) is 7.36. The number of nitrogens with one attached hydrogen (secondary N) is 1. The average Bonchev–Trinajstić information content (AvgIpc) is 2.65. The Morgan fingerprint density at radius 2 is 1.64 bits per heavy atom. The number of rotatable bonds is 5. The third kappa shape index (κ3) is 4.29. The van der Waals surface area contributed by atoms with E-state index in [1.807, 2.05) is 29.7 Å². The Bertz CT molecular complexity index is 1060. The van der Waals surface area contributed by atoms with Crippen LogP contribution < -0.4 is 10.7 Å². The van der Waals surface area contributed by atoms with Crippen LogP contribution in [0.25, 0.3) is 0 Å². The Morgan fingerprint density at radius 1 is 1.00 bits per heavy atom. The lowest BCUT2D eigenvalue weighted by molar-refractivity contribution is 0.102. The molecule has 0 radical (unpaired) electrons. The summed E-state index contributed by atoms with van der Waals surface area (Å²) in [5.41, 5.74) is 2.67. The minimum Gasteiger partial charge on any atom is -0.348 e. The topological polar surface area (TPSA) is 51.1 Å². The molecule has 3 rings (SSSR count). The number of carbonyl (C=O) groups excluding carboxylic acids is 1. The number of aromatic nitrogens is 1. The average molecular weight is 415 g/mol. The molecule has 0 unspecified atom stereocenters. The predicted octanol–water partition coefficient (Wildman–Crippen LogP) is 5.27. The maximum Gasteiger partial charge on any atom is 0.261 e. The Morgan fingerprint density at radius 3 is 2.29 bits per heavy atom. The molecule has 0 aliphatic heterocycles. The van der Waals surface area contributed by atoms with Crippen LogP contribution >= 0.6 is 23.2 Å². The van der Waals surface area contributed by atoms with E-state index in [-0.39, 0.29) is 11.0 Å². The third-order valence-electron chi connectivity index (χ3n) is 4.67. The molecule has 0 fully saturated rings. The lowest BCUT2D eigenvalue weighted by atomic mass is 10.1. The second-order valence-electron chi connectivity index (χ2n) is 6.55. The monoisotopic (exact) mass is 414 g/mol. The number of amides is 1. The maximum atomic E-state index is 12.9. The van der Waals surface area contributed by atoms with Gasteiger partial charge in [0.2, 0.25) is 0 Å². The summed E-state index contributed by atoms with van der Waals surface area (Å²) in [7, 11) is 0. The Kier molecular flexibility index (Phi) is 6.22. The molecule has 0 aliphatic rings. The molecule has 2 aromatic carbocycles. The van der Waals surface area contributed by atoms with E-state index in [4.69, 9.17) is 23.2 Å². The minimum atomic E-state index is -0.522. The summed E-state index contributed by atoms with van der Waals surface area (Å²) in [6, 6.07) is 16.5. The molecule has 28 heavy (non-hydrogen) atoms. The van der Waals surface area contributed by atoms with Crippen molar-refractivity contribution in [2.75, 3.05) is 5.32 Å². The van der Waals surface area contributed by atoms with Gasteiger partial charge in [-0.3, -0.25) is 9.59 Å². The SMILES string of the molecule is Cc1cc(=O)c(C(=O)Nc2c(Cl)cccc2Cl)c(C)n1CCc1ccccc1. The lowest BCUT2D eigenvalue weighted by Crippen LogP contribution is -2.27. The fourth-order valence-corrected chi connectivity index (χ4v) is 3.71. The smallest absolute Gasteiger partial charge is 0.261 e. The summed E-state index contributed by atoms with van der Waals surface area (Å²) < 4.78 is 1.98. The van der Waals surface area contributed by atoms with Crippen molar-refractivity contribution in [2.24, 2.45) is 0 Å². The largest absolute Gasteiger partial charge is 0.348 e. The van der Waals surface area contributed by atoms with Crippen molar-refractivity contribution < 1.29 is 4.79 Å². The van der Waals surface area contributed by atoms with Crippen LogP contribution in [0.15, 0.2) is 59.4 Å². The number of nitrogens with zero attached hydrogens (tertiary/aromatic N) is 1. The van der Waals surface area contributed by atoms with Gasteiger partial charge >= 0.3 is 0 Å². The van der Waals surface area contributed by atoms with E-state index in [0.717, 1.165) is 12.1 Å². The number of aryl methyl sites for hydroxylation is 2. The van der Waals surface area contributed by atoms with E-state index in [1.165, 1.54) is 11.6 Å². The molecule has 6 heteroatoms. The summed E-state index contributed by atoms with van der Waals surface area (Å²) in [4.78, 5) is 25.4. The van der Waals surface area contributed by atoms with Crippen LogP contribution in [0.3, 0.4) is 0 Å². The van der Waals surface area contributed by atoms with Crippen molar-refractivity contribution in [3.05, 3.63) is 97.4 Å². The number of para-hydroxylation sites is 1. The first-order valence-corrected chi connectivity index (χ1v) is 9.64. The van der Waals surface area contributed by atoms with Gasteiger partial charge in [-0.15, -0.1) is 0 Å². The molecule has 0 atom stereocenters. The van der Waals surface area contributed by atoms with E-state index < -0.39 is 5.91 Å². The van der Waals surface area contributed by atoms with Gasteiger partial charge < -0.3 is 9.88 Å². The molecule has 0 spiro atoms. The fourth-order valence-electron chi connectivity index (χ4n) is 3.22. The van der Waals surface area contributed by atoms with E-state index in [2.05, 4.69) is 17.4 Å². The minimum absolute atomic E-state index is 0.0923. The first-order chi connectivity index (χ1) is 13.4. The van der Waals surface area contributed by atoms with Crippen LogP contribution in [0, 0.1) is 13.8 Å². The van der Waals surface area contributed by atoms with Crippen LogP contribution in [0.4, 0.5) is 5.69 Å². The molecule has 0 saturated heterocycles. The van der Waals surface area contributed by atoms with Gasteiger partial charge in [-0.1, -0.05) is 59.6 Å². The number of carbonyl (C=O) groups is 1. The molecular formula is C22H20Cl2N2O2. The van der Waals surface area contributed by atoms with Gasteiger partial charge in [0.1, 0.15) is 5.56 Å². The standard InChI is InChI=1S/C22H20Cl2N2O2/c1-14-13-19(27)20(22(28)25-21-17(23)9-6-10-18(21)24)15(2)26(14)12-11-16-7-4-3-5-8-16/h3-10,13H,11-12H2,1-2H3,(H,25,28). The van der Waals surface area contributed by atoms with Crippen LogP contribution in [-0.4, -0.2) is 10.5 Å². The van der Waals surface area contributed by atoms with E-state index >= 15 is 0 Å². The molecule has 144 valence electrons. The Balaban J connectivity index is 1.92. The Hall–Kier alpha value is -2.56. The number of hydrogen-bond donors (Lipinski definition) is 1. The highest BCUT2D eigenvalue weighted by Crippen LogP contribution is 2.30. The predicted molar refractivity (Wildman–Crippen MR) is 115 cm³/mol. The first kappa shape index (κ1) is 20.2. The highest BCUT2D eigenvalue weighted by atomic mass is 35.5. The maximum absolute atomic E-state index is 12.9. The first-order valence-electron chi connectivity index (χ1n) is 8.89. The molecule has 0 aliphatic carbocycles. The second kappa shape index (κ2) is 8.63. The third-order valence-corrected chi connectivity index (χ3v) is 5.30. The molecule has 1 amide bonds. The molecule has 4 nitrogen and oxygen atoms in total. The number of anilines is 1. The molecule has 1 aromatic heterocycles. The van der Waals surface area contributed by atoms with Gasteiger partial charge in [-0.25, -0.2) is 0 Å². The van der Waals surface area contributed by atoms with Crippen LogP contribution in [0.2, 0.25) is 10.0 Å². The van der Waals surface area contributed by atoms with Crippen molar-refractivity contribution >= 4 is 34.8 Å². The zero-order valence-electron chi connectivity index (χ0n) is 15.6. The van der Waals surface area contributed by atoms with E-state index in [9.17, 15) is 9.59 Å². The van der Waals surface area contributed by atoms with Crippen molar-refractivity contribution in [1.82, 2.24) is 4.57 Å².